The van der Waals surface area contributed by atoms with Crippen molar-refractivity contribution in [3.05, 3.63) is 29.0 Å². The van der Waals surface area contributed by atoms with Crippen molar-refractivity contribution in [2.24, 2.45) is 0 Å². The number of pyridine rings is 1. The Morgan fingerprint density at radius 2 is 2.00 bits per heavy atom. The Bertz CT molecular complexity index is 527. The van der Waals surface area contributed by atoms with Crippen molar-refractivity contribution in [3.63, 3.8) is 0 Å². The SMILES string of the molecule is CC(C)(C#N)N1CCN(C(=O)c2ccc(Cl)cn2)CC1. The maximum absolute atomic E-state index is 12.3. The van der Waals surface area contributed by atoms with Crippen LogP contribution in [0.25, 0.3) is 0 Å². The first-order valence-corrected chi connectivity index (χ1v) is 6.89. The van der Waals surface area contributed by atoms with Crippen molar-refractivity contribution in [1.82, 2.24) is 14.8 Å². The minimum Gasteiger partial charge on any atom is -0.335 e. The van der Waals surface area contributed by atoms with E-state index in [9.17, 15) is 4.79 Å². The van der Waals surface area contributed by atoms with E-state index in [1.54, 1.807) is 17.0 Å². The first-order chi connectivity index (χ1) is 9.44. The lowest BCUT2D eigenvalue weighted by molar-refractivity contribution is 0.0516. The number of piperazine rings is 1. The third kappa shape index (κ3) is 3.09. The summed E-state index contributed by atoms with van der Waals surface area (Å²) in [6.07, 6.45) is 1.48. The Labute approximate surface area is 123 Å². The van der Waals surface area contributed by atoms with Crippen molar-refractivity contribution in [3.8, 4) is 6.07 Å². The van der Waals surface area contributed by atoms with Crippen molar-refractivity contribution < 1.29 is 4.79 Å². The molecule has 1 saturated heterocycles. The van der Waals surface area contributed by atoms with E-state index < -0.39 is 5.54 Å². The monoisotopic (exact) mass is 292 g/mol. The molecule has 20 heavy (non-hydrogen) atoms. The lowest BCUT2D eigenvalue weighted by atomic mass is 10.0. The molecule has 1 fully saturated rings. The molecule has 0 unspecified atom stereocenters. The standard InChI is InChI=1S/C14H17ClN4O/c1-14(2,10-16)19-7-5-18(6-8-19)13(20)12-4-3-11(15)9-17-12/h3-4,9H,5-8H2,1-2H3. The molecule has 0 atom stereocenters. The summed E-state index contributed by atoms with van der Waals surface area (Å²) in [5, 5.41) is 9.65. The predicted octanol–water partition coefficient (Wildman–Crippen LogP) is 1.79. The van der Waals surface area contributed by atoms with E-state index in [2.05, 4.69) is 16.0 Å². The van der Waals surface area contributed by atoms with E-state index in [-0.39, 0.29) is 5.91 Å². The van der Waals surface area contributed by atoms with Gasteiger partial charge in [-0.1, -0.05) is 11.6 Å². The van der Waals surface area contributed by atoms with Gasteiger partial charge in [0.15, 0.2) is 0 Å². The molecule has 0 aliphatic carbocycles. The number of hydrogen-bond acceptors (Lipinski definition) is 4. The third-order valence-electron chi connectivity index (χ3n) is 3.58. The highest BCUT2D eigenvalue weighted by Crippen LogP contribution is 2.17. The molecule has 0 saturated carbocycles. The highest BCUT2D eigenvalue weighted by molar-refractivity contribution is 6.30. The molecule has 1 aromatic rings. The topological polar surface area (TPSA) is 60.2 Å². The molecule has 6 heteroatoms. The van der Waals surface area contributed by atoms with Crippen LogP contribution in [0.1, 0.15) is 24.3 Å². The van der Waals surface area contributed by atoms with Gasteiger partial charge in [-0.05, 0) is 26.0 Å². The lowest BCUT2D eigenvalue weighted by Gasteiger charge is -2.40. The van der Waals surface area contributed by atoms with Gasteiger partial charge in [0, 0.05) is 32.4 Å². The highest BCUT2D eigenvalue weighted by atomic mass is 35.5. The van der Waals surface area contributed by atoms with Crippen LogP contribution in [0.4, 0.5) is 0 Å². The number of nitrogens with zero attached hydrogens (tertiary/aromatic N) is 4. The Morgan fingerprint density at radius 3 is 2.50 bits per heavy atom. The van der Waals surface area contributed by atoms with Crippen LogP contribution in [-0.4, -0.2) is 52.4 Å². The fourth-order valence-corrected chi connectivity index (χ4v) is 2.32. The summed E-state index contributed by atoms with van der Waals surface area (Å²) in [4.78, 5) is 20.2. The lowest BCUT2D eigenvalue weighted by Crippen LogP contribution is -2.55. The molecular formula is C14H17ClN4O. The summed E-state index contributed by atoms with van der Waals surface area (Å²) in [6.45, 7) is 6.39. The average Bonchev–Trinajstić information content (AvgIpc) is 2.47. The Balaban J connectivity index is 1.99. The van der Waals surface area contributed by atoms with E-state index in [4.69, 9.17) is 16.9 Å². The zero-order chi connectivity index (χ0) is 14.8. The van der Waals surface area contributed by atoms with Crippen LogP contribution < -0.4 is 0 Å². The molecular weight excluding hydrogens is 276 g/mol. The second-order valence-electron chi connectivity index (χ2n) is 5.31. The zero-order valence-electron chi connectivity index (χ0n) is 11.6. The summed E-state index contributed by atoms with van der Waals surface area (Å²) in [7, 11) is 0. The third-order valence-corrected chi connectivity index (χ3v) is 3.80. The molecule has 2 rings (SSSR count). The number of aromatic nitrogens is 1. The van der Waals surface area contributed by atoms with Crippen LogP contribution in [0, 0.1) is 11.3 Å². The summed E-state index contributed by atoms with van der Waals surface area (Å²) in [6, 6.07) is 5.59. The van der Waals surface area contributed by atoms with Gasteiger partial charge in [0.25, 0.3) is 5.91 Å². The quantitative estimate of drug-likeness (QED) is 0.834. The molecule has 0 radical (unpaired) electrons. The summed E-state index contributed by atoms with van der Waals surface area (Å²) < 4.78 is 0. The summed E-state index contributed by atoms with van der Waals surface area (Å²) in [5.74, 6) is -0.0870. The number of halogens is 1. The molecule has 0 aromatic carbocycles. The van der Waals surface area contributed by atoms with Gasteiger partial charge in [-0.3, -0.25) is 9.69 Å². The predicted molar refractivity (Wildman–Crippen MR) is 76.4 cm³/mol. The number of rotatable bonds is 2. The molecule has 106 valence electrons. The van der Waals surface area contributed by atoms with Crippen LogP contribution in [0.3, 0.4) is 0 Å². The largest absolute Gasteiger partial charge is 0.335 e. The average molecular weight is 293 g/mol. The first kappa shape index (κ1) is 14.8. The van der Waals surface area contributed by atoms with Crippen LogP contribution in [0.2, 0.25) is 5.02 Å². The fourth-order valence-electron chi connectivity index (χ4n) is 2.20. The van der Waals surface area contributed by atoms with Gasteiger partial charge in [-0.25, -0.2) is 4.98 Å². The highest BCUT2D eigenvalue weighted by Gasteiger charge is 2.31. The number of carbonyl (C=O) groups excluding carboxylic acids is 1. The minimum atomic E-state index is -0.492. The second-order valence-corrected chi connectivity index (χ2v) is 5.75. The summed E-state index contributed by atoms with van der Waals surface area (Å²) >= 11 is 5.76. The van der Waals surface area contributed by atoms with Crippen LogP contribution in [0.5, 0.6) is 0 Å². The first-order valence-electron chi connectivity index (χ1n) is 6.51. The van der Waals surface area contributed by atoms with E-state index in [1.807, 2.05) is 13.8 Å². The van der Waals surface area contributed by atoms with E-state index in [0.717, 1.165) is 0 Å². The molecule has 5 nitrogen and oxygen atoms in total. The molecule has 0 N–H and O–H groups in total. The maximum Gasteiger partial charge on any atom is 0.272 e. The van der Waals surface area contributed by atoms with Crippen molar-refractivity contribution >= 4 is 17.5 Å². The van der Waals surface area contributed by atoms with Gasteiger partial charge in [0.1, 0.15) is 11.2 Å². The van der Waals surface area contributed by atoms with Gasteiger partial charge in [0.2, 0.25) is 0 Å². The van der Waals surface area contributed by atoms with E-state index >= 15 is 0 Å². The molecule has 1 aliphatic rings. The number of carbonyl (C=O) groups is 1. The summed E-state index contributed by atoms with van der Waals surface area (Å²) in [5.41, 5.74) is -0.0874. The Kier molecular flexibility index (Phi) is 4.26. The molecule has 0 bridgehead atoms. The molecule has 1 aromatic heterocycles. The molecule has 1 aliphatic heterocycles. The minimum absolute atomic E-state index is 0.0870. The van der Waals surface area contributed by atoms with Gasteiger partial charge in [-0.15, -0.1) is 0 Å². The number of nitriles is 1. The second kappa shape index (κ2) is 5.78. The Morgan fingerprint density at radius 1 is 1.35 bits per heavy atom. The van der Waals surface area contributed by atoms with Crippen LogP contribution in [0.15, 0.2) is 18.3 Å². The van der Waals surface area contributed by atoms with E-state index in [0.29, 0.717) is 36.9 Å². The van der Waals surface area contributed by atoms with Gasteiger partial charge in [0.05, 0.1) is 11.1 Å². The van der Waals surface area contributed by atoms with Gasteiger partial charge in [-0.2, -0.15) is 5.26 Å². The molecule has 2 heterocycles. The van der Waals surface area contributed by atoms with Crippen molar-refractivity contribution in [2.75, 3.05) is 26.2 Å². The number of hydrogen-bond donors (Lipinski definition) is 0. The molecule has 0 spiro atoms. The van der Waals surface area contributed by atoms with Gasteiger partial charge >= 0.3 is 0 Å². The van der Waals surface area contributed by atoms with Gasteiger partial charge < -0.3 is 4.90 Å². The van der Waals surface area contributed by atoms with Crippen molar-refractivity contribution in [2.45, 2.75) is 19.4 Å². The fraction of sp³-hybridized carbons (Fsp3) is 0.500. The molecule has 1 amide bonds. The maximum atomic E-state index is 12.3. The van der Waals surface area contributed by atoms with E-state index in [1.165, 1.54) is 6.20 Å². The van der Waals surface area contributed by atoms with Crippen LogP contribution in [-0.2, 0) is 0 Å². The number of amides is 1. The zero-order valence-corrected chi connectivity index (χ0v) is 12.4. The normalized spacial score (nSPS) is 16.8. The smallest absolute Gasteiger partial charge is 0.272 e. The van der Waals surface area contributed by atoms with Crippen LogP contribution >= 0.6 is 11.6 Å². The Hall–Kier alpha value is -1.64. The van der Waals surface area contributed by atoms with Crippen molar-refractivity contribution in [1.29, 1.82) is 5.26 Å².